The molecule has 7 atom stereocenters. The molecule has 7 unspecified atom stereocenters. The molecule has 0 amide bonds. The van der Waals surface area contributed by atoms with Crippen LogP contribution in [-0.4, -0.2) is 70.6 Å². The number of phosphoric ester groups is 1. The highest BCUT2D eigenvalue weighted by Crippen LogP contribution is 2.66. The molecule has 250 valence electrons. The first-order chi connectivity index (χ1) is 20.4. The van der Waals surface area contributed by atoms with E-state index in [4.69, 9.17) is 19.3 Å². The zero-order valence-corrected chi connectivity index (χ0v) is 28.1. The third-order valence-corrected chi connectivity index (χ3v) is 14.0. The Bertz CT molecular complexity index is 1410. The van der Waals surface area contributed by atoms with Gasteiger partial charge in [-0.2, -0.15) is 8.62 Å². The van der Waals surface area contributed by atoms with Crippen molar-refractivity contribution in [2.45, 2.75) is 75.1 Å². The van der Waals surface area contributed by atoms with Gasteiger partial charge in [0, 0.05) is 23.1 Å². The molecule has 20 heteroatoms. The Kier molecular flexibility index (Phi) is 14.2. The molecule has 0 radical (unpaired) electrons. The van der Waals surface area contributed by atoms with Gasteiger partial charge < -0.3 is 34.2 Å². The molecule has 1 saturated heterocycles. The second-order valence-corrected chi connectivity index (χ2v) is 18.7. The minimum Gasteiger partial charge on any atom is -0.390 e. The first kappa shape index (κ1) is 37.8. The van der Waals surface area contributed by atoms with Crippen LogP contribution in [0.3, 0.4) is 0 Å². The van der Waals surface area contributed by atoms with Gasteiger partial charge in [0.25, 0.3) is 0 Å². The van der Waals surface area contributed by atoms with Gasteiger partial charge in [0.05, 0.1) is 23.7 Å². The second kappa shape index (κ2) is 16.5. The van der Waals surface area contributed by atoms with Gasteiger partial charge in [-0.05, 0) is 50.7 Å². The van der Waals surface area contributed by atoms with E-state index < -0.39 is 51.2 Å². The van der Waals surface area contributed by atoms with Gasteiger partial charge >= 0.3 is 23.5 Å². The van der Waals surface area contributed by atoms with Crippen LogP contribution in [0.5, 0.6) is 0 Å². The number of ether oxygens (including phenoxy) is 2. The lowest BCUT2D eigenvalue weighted by atomic mass is 9.82. The van der Waals surface area contributed by atoms with E-state index in [1.165, 1.54) is 0 Å². The van der Waals surface area contributed by atoms with Crippen LogP contribution in [0.15, 0.2) is 29.2 Å². The van der Waals surface area contributed by atoms with Crippen LogP contribution in [-0.2, 0) is 45.2 Å². The van der Waals surface area contributed by atoms with Crippen molar-refractivity contribution in [3.05, 3.63) is 29.8 Å². The Morgan fingerprint density at radius 3 is 2.34 bits per heavy atom. The van der Waals surface area contributed by atoms with Crippen LogP contribution in [0.4, 0.5) is 0 Å². The minimum absolute atomic E-state index is 0.0534. The average molecular weight is 723 g/mol. The Hall–Kier alpha value is -0.630. The summed E-state index contributed by atoms with van der Waals surface area (Å²) < 4.78 is 82.3. The lowest BCUT2D eigenvalue weighted by molar-refractivity contribution is -0.0408. The van der Waals surface area contributed by atoms with Crippen molar-refractivity contribution in [2.75, 3.05) is 19.2 Å². The predicted octanol–water partition coefficient (Wildman–Crippen LogP) is 3.84. The van der Waals surface area contributed by atoms with Gasteiger partial charge in [0.15, 0.2) is 0 Å². The molecule has 44 heavy (non-hydrogen) atoms. The fourth-order valence-corrected chi connectivity index (χ4v) is 10.1. The molecular weight excluding hydrogens is 685 g/mol. The molecule has 15 nitrogen and oxygen atoms in total. The van der Waals surface area contributed by atoms with Crippen molar-refractivity contribution in [1.82, 2.24) is 0 Å². The summed E-state index contributed by atoms with van der Waals surface area (Å²) in [6.07, 6.45) is 2.75. The molecule has 3 rings (SSSR count). The number of aryl methyl sites for hydroxylation is 1. The summed E-state index contributed by atoms with van der Waals surface area (Å²) in [5.41, 5.74) is 0.964. The molecule has 1 aliphatic heterocycles. The fraction of sp³-hybridized carbons (Fsp3) is 0.667. The van der Waals surface area contributed by atoms with Crippen molar-refractivity contribution in [3.63, 3.8) is 0 Å². The summed E-state index contributed by atoms with van der Waals surface area (Å²) in [7, 11) is -19.3. The van der Waals surface area contributed by atoms with Gasteiger partial charge in [-0.15, -0.1) is 0 Å². The molecule has 1 aromatic rings. The number of benzene rings is 1. The Morgan fingerprint density at radius 1 is 0.977 bits per heavy atom. The van der Waals surface area contributed by atoms with E-state index in [1.54, 1.807) is 24.3 Å². The number of aliphatic hydroxyl groups excluding tert-OH is 1. The van der Waals surface area contributed by atoms with E-state index in [0.717, 1.165) is 44.1 Å². The Balaban J connectivity index is 1.42. The maximum absolute atomic E-state index is 12.4. The largest absolute Gasteiger partial charge is 0.490 e. The minimum atomic E-state index is -5.64. The van der Waals surface area contributed by atoms with Gasteiger partial charge in [-0.3, -0.25) is 4.52 Å². The lowest BCUT2D eigenvalue weighted by Gasteiger charge is -2.27. The smallest absolute Gasteiger partial charge is 0.390 e. The molecular formula is C24H37O15P3S2. The van der Waals surface area contributed by atoms with Crippen LogP contribution in [0.25, 0.3) is 0 Å². The number of aliphatic hydroxyl groups is 1. The van der Waals surface area contributed by atoms with Crippen molar-refractivity contribution in [2.24, 2.45) is 11.8 Å². The van der Waals surface area contributed by atoms with Crippen molar-refractivity contribution < 1.29 is 69.4 Å². The van der Waals surface area contributed by atoms with E-state index in [-0.39, 0.29) is 41.8 Å². The number of hydrogen-bond donors (Lipinski definition) is 5. The standard InChI is InChI=1S/C24H37O15P3S2/c1-18-8-12-21(13-9-18)44(33,34)43-17-35-14-4-6-19-5-2-3-7-20(11-10-19)23-15-22(25)24(37-23)16-36-41(29,30)39-42(31,32)38-40(26,27)28/h8-9,12-13,19-20,22-25H,2-3,5,7,10-11,14-17H2,1H3,(H,29,30)(H,31,32)(H2,26,27,28). The molecule has 1 heterocycles. The van der Waals surface area contributed by atoms with Crippen molar-refractivity contribution >= 4 is 43.1 Å². The monoisotopic (exact) mass is 722 g/mol. The third kappa shape index (κ3) is 13.2. The van der Waals surface area contributed by atoms with Crippen LogP contribution in [0.1, 0.15) is 50.5 Å². The van der Waals surface area contributed by atoms with Crippen molar-refractivity contribution in [1.29, 1.82) is 0 Å². The summed E-state index contributed by atoms with van der Waals surface area (Å²) in [6.45, 7) is 1.26. The van der Waals surface area contributed by atoms with Gasteiger partial charge in [-0.25, -0.2) is 22.1 Å². The zero-order valence-electron chi connectivity index (χ0n) is 23.7. The van der Waals surface area contributed by atoms with Crippen LogP contribution < -0.4 is 0 Å². The predicted molar refractivity (Wildman–Crippen MR) is 158 cm³/mol. The molecule has 1 aromatic carbocycles. The van der Waals surface area contributed by atoms with Crippen molar-refractivity contribution in [3.8, 4) is 11.8 Å². The summed E-state index contributed by atoms with van der Waals surface area (Å²) in [6, 6.07) is 6.58. The molecule has 5 N–H and O–H groups in total. The quantitative estimate of drug-likeness (QED) is 0.0640. The molecule has 0 aromatic heterocycles. The fourth-order valence-electron chi connectivity index (χ4n) is 4.85. The Labute approximate surface area is 259 Å². The molecule has 2 aliphatic rings. The first-order valence-corrected chi connectivity index (χ1v) is 21.1. The third-order valence-electron chi connectivity index (χ3n) is 6.94. The molecule has 0 spiro atoms. The number of rotatable bonds is 13. The highest BCUT2D eigenvalue weighted by molar-refractivity contribution is 8.72. The normalized spacial score (nSPS) is 27.7. The summed E-state index contributed by atoms with van der Waals surface area (Å²) in [5.74, 6) is 6.28. The van der Waals surface area contributed by atoms with E-state index in [0.29, 0.717) is 10.8 Å². The van der Waals surface area contributed by atoms with E-state index in [9.17, 15) is 37.0 Å². The van der Waals surface area contributed by atoms with Gasteiger partial charge in [-0.1, -0.05) is 42.4 Å². The molecule has 0 bridgehead atoms. The van der Waals surface area contributed by atoms with E-state index in [1.807, 2.05) is 6.92 Å². The summed E-state index contributed by atoms with van der Waals surface area (Å²) in [5, 5.41) is 10.4. The van der Waals surface area contributed by atoms with Crippen LogP contribution in [0, 0.1) is 30.6 Å². The first-order valence-electron chi connectivity index (χ1n) is 13.6. The van der Waals surface area contributed by atoms with E-state index >= 15 is 0 Å². The van der Waals surface area contributed by atoms with Crippen LogP contribution in [0.2, 0.25) is 0 Å². The van der Waals surface area contributed by atoms with Gasteiger partial charge in [0.1, 0.15) is 18.6 Å². The molecule has 2 fully saturated rings. The summed E-state index contributed by atoms with van der Waals surface area (Å²) in [4.78, 5) is 36.4. The maximum Gasteiger partial charge on any atom is 0.490 e. The Morgan fingerprint density at radius 2 is 1.66 bits per heavy atom. The highest BCUT2D eigenvalue weighted by atomic mass is 33.1. The SMILES string of the molecule is Cc1ccc(S(=O)(=O)SCOCC#CC2CCCCC(C3CC(O)C(COP(=O)(O)OP(=O)(O)OP(=O)(O)O)O3)CC2)cc1. The maximum atomic E-state index is 12.4. The zero-order chi connectivity index (χ0) is 32.6. The lowest BCUT2D eigenvalue weighted by Crippen LogP contribution is -2.27. The topological polar surface area (TPSA) is 233 Å². The average Bonchev–Trinajstić information content (AvgIpc) is 3.24. The van der Waals surface area contributed by atoms with Gasteiger partial charge in [0.2, 0.25) is 8.87 Å². The number of hydrogen-bond acceptors (Lipinski definition) is 12. The second-order valence-electron chi connectivity index (χ2n) is 10.4. The number of phosphoric acid groups is 3. The molecule has 1 aliphatic carbocycles. The molecule has 1 saturated carbocycles. The van der Waals surface area contributed by atoms with E-state index in [2.05, 4.69) is 25.0 Å². The van der Waals surface area contributed by atoms with Crippen LogP contribution >= 0.6 is 34.3 Å². The highest BCUT2D eigenvalue weighted by Gasteiger charge is 2.43. The summed E-state index contributed by atoms with van der Waals surface area (Å²) >= 11 is 0.